The van der Waals surface area contributed by atoms with Gasteiger partial charge in [-0.25, -0.2) is 0 Å². The van der Waals surface area contributed by atoms with E-state index >= 15 is 0 Å². The first-order valence-corrected chi connectivity index (χ1v) is 9.20. The van der Waals surface area contributed by atoms with Crippen LogP contribution in [0.4, 0.5) is 0 Å². The average molecular weight is 365 g/mol. The molecule has 1 saturated heterocycles. The Morgan fingerprint density at radius 2 is 2.23 bits per heavy atom. The lowest BCUT2D eigenvalue weighted by atomic mass is 10.1. The Bertz CT molecular complexity index is 539. The third-order valence-electron chi connectivity index (χ3n) is 4.38. The average Bonchev–Trinajstić information content (AvgIpc) is 3.16. The smallest absolute Gasteiger partial charge is 0.233 e. The first kappa shape index (κ1) is 20.3. The van der Waals surface area contributed by atoms with Gasteiger partial charge in [0.05, 0.1) is 26.0 Å². The number of amides is 1. The van der Waals surface area contributed by atoms with E-state index in [2.05, 4.69) is 25.8 Å². The van der Waals surface area contributed by atoms with Crippen molar-refractivity contribution in [3.63, 3.8) is 0 Å². The molecule has 1 aliphatic rings. The van der Waals surface area contributed by atoms with Crippen LogP contribution in [-0.2, 0) is 16.0 Å². The zero-order valence-corrected chi connectivity index (χ0v) is 15.8. The summed E-state index contributed by atoms with van der Waals surface area (Å²) in [5.74, 6) is 1.83. The zero-order chi connectivity index (χ0) is 18.6. The van der Waals surface area contributed by atoms with Crippen molar-refractivity contribution in [2.75, 3.05) is 53.5 Å². The van der Waals surface area contributed by atoms with E-state index in [0.29, 0.717) is 25.7 Å². The molecule has 1 aliphatic heterocycles. The Labute approximate surface area is 155 Å². The molecule has 0 saturated carbocycles. The summed E-state index contributed by atoms with van der Waals surface area (Å²) in [7, 11) is 3.35. The molecular weight excluding hydrogens is 334 g/mol. The third kappa shape index (κ3) is 7.45. The Kier molecular flexibility index (Phi) is 8.99. The maximum absolute atomic E-state index is 11.5. The minimum Gasteiger partial charge on any atom is -0.469 e. The van der Waals surface area contributed by atoms with E-state index in [1.807, 2.05) is 12.1 Å². The van der Waals surface area contributed by atoms with Gasteiger partial charge in [0.25, 0.3) is 0 Å². The highest BCUT2D eigenvalue weighted by atomic mass is 16.5. The first-order chi connectivity index (χ1) is 12.7. The van der Waals surface area contributed by atoms with Gasteiger partial charge in [-0.2, -0.15) is 0 Å². The normalized spacial score (nSPS) is 16.5. The molecule has 0 aromatic carbocycles. The number of likely N-dealkylation sites (N-methyl/N-ethyl adjacent to an activating group) is 1. The Balaban J connectivity index is 1.76. The standard InChI is InChI=1S/C18H31N5O3/c1-19-17(24)14-23-10-6-15(7-11-23)22-18(21-9-13-25-2)20-8-5-16-4-3-12-26-16/h3-4,12,15H,5-11,13-14H2,1-2H3,(H,19,24)(H2,20,21,22). The summed E-state index contributed by atoms with van der Waals surface area (Å²) in [6.07, 6.45) is 4.47. The highest BCUT2D eigenvalue weighted by Crippen LogP contribution is 2.09. The SMILES string of the molecule is CNC(=O)CN1CCC(NC(=NCCOC)NCCc2ccco2)CC1. The van der Waals surface area contributed by atoms with Gasteiger partial charge in [0.1, 0.15) is 5.76 Å². The number of furan rings is 1. The number of methoxy groups -OCH3 is 1. The zero-order valence-electron chi connectivity index (χ0n) is 15.8. The molecule has 8 nitrogen and oxygen atoms in total. The van der Waals surface area contributed by atoms with Crippen molar-refractivity contribution >= 4 is 11.9 Å². The number of carbonyl (C=O) groups is 1. The summed E-state index contributed by atoms with van der Waals surface area (Å²) in [5.41, 5.74) is 0. The van der Waals surface area contributed by atoms with Gasteiger partial charge in [-0.05, 0) is 25.0 Å². The van der Waals surface area contributed by atoms with Crippen LogP contribution in [0, 0.1) is 0 Å². The summed E-state index contributed by atoms with van der Waals surface area (Å²) in [6, 6.07) is 4.22. The molecule has 0 spiro atoms. The van der Waals surface area contributed by atoms with Crippen LogP contribution in [0.3, 0.4) is 0 Å². The predicted octanol–water partition coefficient (Wildman–Crippen LogP) is 0.214. The lowest BCUT2D eigenvalue weighted by Gasteiger charge is -2.32. The van der Waals surface area contributed by atoms with Crippen molar-refractivity contribution in [3.05, 3.63) is 24.2 Å². The number of carbonyl (C=O) groups excluding carboxylic acids is 1. The molecule has 0 atom stereocenters. The summed E-state index contributed by atoms with van der Waals surface area (Å²) in [4.78, 5) is 18.2. The number of likely N-dealkylation sites (tertiary alicyclic amines) is 1. The molecule has 146 valence electrons. The minimum absolute atomic E-state index is 0.0674. The molecule has 0 aliphatic carbocycles. The molecule has 1 amide bonds. The van der Waals surface area contributed by atoms with Crippen molar-refractivity contribution in [2.24, 2.45) is 4.99 Å². The van der Waals surface area contributed by atoms with Crippen molar-refractivity contribution in [2.45, 2.75) is 25.3 Å². The molecule has 0 bridgehead atoms. The highest BCUT2D eigenvalue weighted by molar-refractivity contribution is 5.80. The van der Waals surface area contributed by atoms with E-state index in [1.54, 1.807) is 20.4 Å². The van der Waals surface area contributed by atoms with E-state index < -0.39 is 0 Å². The Hall–Kier alpha value is -2.06. The van der Waals surface area contributed by atoms with Crippen LogP contribution in [-0.4, -0.2) is 76.3 Å². The van der Waals surface area contributed by atoms with Crippen LogP contribution >= 0.6 is 0 Å². The van der Waals surface area contributed by atoms with Crippen LogP contribution in [0.5, 0.6) is 0 Å². The lowest BCUT2D eigenvalue weighted by molar-refractivity contribution is -0.122. The molecule has 8 heteroatoms. The fraction of sp³-hybridized carbons (Fsp3) is 0.667. The summed E-state index contributed by atoms with van der Waals surface area (Å²) >= 11 is 0. The predicted molar refractivity (Wildman–Crippen MR) is 101 cm³/mol. The summed E-state index contributed by atoms with van der Waals surface area (Å²) in [5, 5.41) is 9.54. The molecular formula is C18H31N5O3. The number of guanidine groups is 1. The highest BCUT2D eigenvalue weighted by Gasteiger charge is 2.21. The maximum atomic E-state index is 11.5. The monoisotopic (exact) mass is 365 g/mol. The largest absolute Gasteiger partial charge is 0.469 e. The molecule has 26 heavy (non-hydrogen) atoms. The third-order valence-corrected chi connectivity index (χ3v) is 4.38. The van der Waals surface area contributed by atoms with Crippen LogP contribution in [0.1, 0.15) is 18.6 Å². The van der Waals surface area contributed by atoms with Gasteiger partial charge < -0.3 is 25.1 Å². The number of hydrogen-bond acceptors (Lipinski definition) is 5. The summed E-state index contributed by atoms with van der Waals surface area (Å²) in [6.45, 7) is 4.24. The van der Waals surface area contributed by atoms with Crippen molar-refractivity contribution in [3.8, 4) is 0 Å². The molecule has 0 unspecified atom stereocenters. The molecule has 3 N–H and O–H groups in total. The van der Waals surface area contributed by atoms with Crippen molar-refractivity contribution < 1.29 is 13.9 Å². The quantitative estimate of drug-likeness (QED) is 0.329. The maximum Gasteiger partial charge on any atom is 0.233 e. The fourth-order valence-corrected chi connectivity index (χ4v) is 2.87. The van der Waals surface area contributed by atoms with Crippen LogP contribution in [0.15, 0.2) is 27.8 Å². The number of rotatable bonds is 9. The number of piperidine rings is 1. The molecule has 1 aromatic rings. The van der Waals surface area contributed by atoms with Gasteiger partial charge in [-0.3, -0.25) is 14.7 Å². The second-order valence-corrected chi connectivity index (χ2v) is 6.35. The number of ether oxygens (including phenoxy) is 1. The van der Waals surface area contributed by atoms with Crippen LogP contribution in [0.2, 0.25) is 0 Å². The molecule has 2 rings (SSSR count). The minimum atomic E-state index is 0.0674. The molecule has 1 aromatic heterocycles. The number of hydrogen-bond donors (Lipinski definition) is 3. The summed E-state index contributed by atoms with van der Waals surface area (Å²) < 4.78 is 10.4. The van der Waals surface area contributed by atoms with Crippen LogP contribution < -0.4 is 16.0 Å². The number of nitrogens with one attached hydrogen (secondary N) is 3. The van der Waals surface area contributed by atoms with E-state index in [0.717, 1.165) is 50.6 Å². The van der Waals surface area contributed by atoms with E-state index in [-0.39, 0.29) is 5.91 Å². The Morgan fingerprint density at radius 3 is 2.88 bits per heavy atom. The second kappa shape index (κ2) is 11.5. The van der Waals surface area contributed by atoms with E-state index in [1.165, 1.54) is 0 Å². The fourth-order valence-electron chi connectivity index (χ4n) is 2.87. The van der Waals surface area contributed by atoms with Gasteiger partial charge in [-0.15, -0.1) is 0 Å². The van der Waals surface area contributed by atoms with Gasteiger partial charge >= 0.3 is 0 Å². The number of aliphatic imine (C=N–C) groups is 1. The van der Waals surface area contributed by atoms with Gasteiger partial charge in [0.15, 0.2) is 5.96 Å². The second-order valence-electron chi connectivity index (χ2n) is 6.35. The number of nitrogens with zero attached hydrogens (tertiary/aromatic N) is 2. The molecule has 1 fully saturated rings. The van der Waals surface area contributed by atoms with E-state index in [4.69, 9.17) is 9.15 Å². The lowest BCUT2D eigenvalue weighted by Crippen LogP contribution is -2.50. The van der Waals surface area contributed by atoms with Crippen molar-refractivity contribution in [1.82, 2.24) is 20.9 Å². The molecule has 0 radical (unpaired) electrons. The van der Waals surface area contributed by atoms with Gasteiger partial charge in [0, 0.05) is 46.3 Å². The van der Waals surface area contributed by atoms with Crippen LogP contribution in [0.25, 0.3) is 0 Å². The van der Waals surface area contributed by atoms with Gasteiger partial charge in [0.2, 0.25) is 5.91 Å². The first-order valence-electron chi connectivity index (χ1n) is 9.20. The molecule has 2 heterocycles. The van der Waals surface area contributed by atoms with Gasteiger partial charge in [-0.1, -0.05) is 0 Å². The topological polar surface area (TPSA) is 91.1 Å². The Morgan fingerprint density at radius 1 is 1.42 bits per heavy atom. The van der Waals surface area contributed by atoms with E-state index in [9.17, 15) is 4.79 Å². The van der Waals surface area contributed by atoms with Crippen molar-refractivity contribution in [1.29, 1.82) is 0 Å².